The molecule has 0 heterocycles. The predicted octanol–water partition coefficient (Wildman–Crippen LogP) is 7.05. The quantitative estimate of drug-likeness (QED) is 0.305. The highest BCUT2D eigenvalue weighted by Crippen LogP contribution is 2.35. The Morgan fingerprint density at radius 1 is 0.973 bits per heavy atom. The summed E-state index contributed by atoms with van der Waals surface area (Å²) in [5, 5.41) is 11.3. The number of nitrogens with one attached hydrogen (secondary N) is 1. The number of ether oxygens (including phenoxy) is 1. The fourth-order valence-electron chi connectivity index (χ4n) is 3.90. The molecule has 0 aliphatic carbocycles. The molecule has 0 aliphatic heterocycles. The zero-order valence-electron chi connectivity index (χ0n) is 20.9. The molecule has 0 aliphatic rings. The molecule has 1 unspecified atom stereocenters. The molecule has 0 aromatic heterocycles. The van der Waals surface area contributed by atoms with Crippen LogP contribution in [-0.4, -0.2) is 23.5 Å². The van der Waals surface area contributed by atoms with Crippen molar-refractivity contribution < 1.29 is 32.6 Å². The first kappa shape index (κ1) is 27.8. The van der Waals surface area contributed by atoms with Crippen LogP contribution in [0.25, 0.3) is 11.1 Å². The Bertz CT molecular complexity index is 1220. The van der Waals surface area contributed by atoms with E-state index >= 15 is 0 Å². The molecule has 3 rings (SSSR count). The van der Waals surface area contributed by atoms with E-state index in [-0.39, 0.29) is 25.0 Å². The number of halogens is 3. The first-order valence-corrected chi connectivity index (χ1v) is 12.0. The minimum absolute atomic E-state index is 0.0453. The van der Waals surface area contributed by atoms with Crippen LogP contribution in [0.4, 0.5) is 13.2 Å². The van der Waals surface area contributed by atoms with E-state index in [2.05, 4.69) is 19.2 Å². The average molecular weight is 514 g/mol. The van der Waals surface area contributed by atoms with Crippen molar-refractivity contribution in [1.82, 2.24) is 5.32 Å². The monoisotopic (exact) mass is 513 g/mol. The summed E-state index contributed by atoms with van der Waals surface area (Å²) in [6.07, 6.45) is -4.16. The second-order valence-electron chi connectivity index (χ2n) is 9.31. The Morgan fingerprint density at radius 3 is 2.19 bits per heavy atom. The average Bonchev–Trinajstić information content (AvgIpc) is 2.84. The molecule has 3 aromatic carbocycles. The van der Waals surface area contributed by atoms with E-state index in [1.165, 1.54) is 12.1 Å². The number of carbonyl (C=O) groups is 2. The van der Waals surface area contributed by atoms with E-state index in [0.29, 0.717) is 29.2 Å². The van der Waals surface area contributed by atoms with Crippen LogP contribution in [-0.2, 0) is 11.0 Å². The summed E-state index contributed by atoms with van der Waals surface area (Å²) in [5.41, 5.74) is 2.94. The molecule has 1 atom stereocenters. The summed E-state index contributed by atoms with van der Waals surface area (Å²) in [6, 6.07) is 17.6. The number of hydrogen-bond acceptors (Lipinski definition) is 3. The number of aliphatic carboxylic acids is 1. The SMILES string of the molecule is Cc1ccc(OC(CC(C)C)c2ccc(C(=O)NCCC(=O)O)cc2)cc1-c1ccc(C(F)(F)F)cc1. The Hall–Kier alpha value is -3.81. The van der Waals surface area contributed by atoms with E-state index < -0.39 is 17.7 Å². The second-order valence-corrected chi connectivity index (χ2v) is 9.31. The lowest BCUT2D eigenvalue weighted by molar-refractivity contribution is -0.138. The summed E-state index contributed by atoms with van der Waals surface area (Å²) < 4.78 is 45.2. The third kappa shape index (κ3) is 7.84. The third-order valence-electron chi connectivity index (χ3n) is 5.87. The maximum Gasteiger partial charge on any atom is 0.416 e. The Balaban J connectivity index is 1.80. The molecule has 0 fully saturated rings. The molecule has 0 spiro atoms. The first-order valence-electron chi connectivity index (χ1n) is 12.0. The fraction of sp³-hybridized carbons (Fsp3) is 0.310. The number of carboxylic acid groups (broad SMARTS) is 1. The van der Waals surface area contributed by atoms with Crippen LogP contribution in [0.3, 0.4) is 0 Å². The van der Waals surface area contributed by atoms with Crippen LogP contribution >= 0.6 is 0 Å². The van der Waals surface area contributed by atoms with Gasteiger partial charge in [0.15, 0.2) is 0 Å². The van der Waals surface area contributed by atoms with Crippen LogP contribution < -0.4 is 10.1 Å². The zero-order valence-corrected chi connectivity index (χ0v) is 20.9. The van der Waals surface area contributed by atoms with Crippen LogP contribution in [0, 0.1) is 12.8 Å². The third-order valence-corrected chi connectivity index (χ3v) is 5.87. The highest BCUT2D eigenvalue weighted by atomic mass is 19.4. The minimum atomic E-state index is -4.39. The van der Waals surface area contributed by atoms with Crippen molar-refractivity contribution in [2.24, 2.45) is 5.92 Å². The lowest BCUT2D eigenvalue weighted by Gasteiger charge is -2.22. The second kappa shape index (κ2) is 12.0. The van der Waals surface area contributed by atoms with Crippen LogP contribution in [0.1, 0.15) is 59.8 Å². The molecule has 0 bridgehead atoms. The number of hydrogen-bond donors (Lipinski definition) is 2. The number of alkyl halides is 3. The molecule has 0 radical (unpaired) electrons. The number of rotatable bonds is 10. The van der Waals surface area contributed by atoms with E-state index in [1.54, 1.807) is 12.1 Å². The molecule has 2 N–H and O–H groups in total. The molecule has 5 nitrogen and oxygen atoms in total. The molecule has 196 valence electrons. The van der Waals surface area contributed by atoms with Gasteiger partial charge >= 0.3 is 12.1 Å². The highest BCUT2D eigenvalue weighted by molar-refractivity contribution is 5.94. The molecule has 37 heavy (non-hydrogen) atoms. The van der Waals surface area contributed by atoms with Gasteiger partial charge in [-0.2, -0.15) is 13.2 Å². The van der Waals surface area contributed by atoms with Crippen molar-refractivity contribution in [3.8, 4) is 16.9 Å². The molecule has 0 saturated carbocycles. The van der Waals surface area contributed by atoms with Gasteiger partial charge in [0.2, 0.25) is 0 Å². The molecule has 0 saturated heterocycles. The maximum atomic E-state index is 13.0. The lowest BCUT2D eigenvalue weighted by Crippen LogP contribution is -2.26. The number of amides is 1. The predicted molar refractivity (Wildman–Crippen MR) is 135 cm³/mol. The van der Waals surface area contributed by atoms with Crippen LogP contribution in [0.5, 0.6) is 5.75 Å². The van der Waals surface area contributed by atoms with E-state index in [0.717, 1.165) is 28.8 Å². The van der Waals surface area contributed by atoms with Crippen LogP contribution in [0.15, 0.2) is 66.7 Å². The molecular weight excluding hydrogens is 483 g/mol. The van der Waals surface area contributed by atoms with Gasteiger partial charge in [0.25, 0.3) is 5.91 Å². The smallest absolute Gasteiger partial charge is 0.416 e. The number of carboxylic acids is 1. The van der Waals surface area contributed by atoms with Crippen molar-refractivity contribution in [3.63, 3.8) is 0 Å². The largest absolute Gasteiger partial charge is 0.486 e. The topological polar surface area (TPSA) is 75.6 Å². The summed E-state index contributed by atoms with van der Waals surface area (Å²) in [6.45, 7) is 6.08. The summed E-state index contributed by atoms with van der Waals surface area (Å²) in [5.74, 6) is -0.443. The Labute approximate surface area is 214 Å². The van der Waals surface area contributed by atoms with Gasteiger partial charge in [0.1, 0.15) is 11.9 Å². The van der Waals surface area contributed by atoms with Crippen molar-refractivity contribution in [1.29, 1.82) is 0 Å². The standard InChI is InChI=1S/C29H30F3NO4/c1-18(2)16-26(21-5-7-22(8-6-21)28(36)33-15-14-27(34)35)37-24-13-4-19(3)25(17-24)20-9-11-23(12-10-20)29(30,31)32/h4-13,17-18,26H,14-16H2,1-3H3,(H,33,36)(H,34,35). The fourth-order valence-corrected chi connectivity index (χ4v) is 3.90. The molecule has 3 aromatic rings. The Kier molecular flexibility index (Phi) is 8.97. The minimum Gasteiger partial charge on any atom is -0.486 e. The van der Waals surface area contributed by atoms with Gasteiger partial charge < -0.3 is 15.2 Å². The Morgan fingerprint density at radius 2 is 1.62 bits per heavy atom. The van der Waals surface area contributed by atoms with Gasteiger partial charge in [-0.05, 0) is 77.9 Å². The number of carbonyl (C=O) groups excluding carboxylic acids is 1. The molecule has 1 amide bonds. The van der Waals surface area contributed by atoms with Gasteiger partial charge in [-0.15, -0.1) is 0 Å². The van der Waals surface area contributed by atoms with Crippen LogP contribution in [0.2, 0.25) is 0 Å². The number of aryl methyl sites for hydroxylation is 1. The van der Waals surface area contributed by atoms with Gasteiger partial charge in [0.05, 0.1) is 12.0 Å². The van der Waals surface area contributed by atoms with Gasteiger partial charge in [-0.3, -0.25) is 9.59 Å². The molecular formula is C29H30F3NO4. The number of benzene rings is 3. The lowest BCUT2D eigenvalue weighted by atomic mass is 9.97. The normalized spacial score (nSPS) is 12.3. The summed E-state index contributed by atoms with van der Waals surface area (Å²) in [4.78, 5) is 22.9. The van der Waals surface area contributed by atoms with E-state index in [4.69, 9.17) is 9.84 Å². The summed E-state index contributed by atoms with van der Waals surface area (Å²) in [7, 11) is 0. The van der Waals surface area contributed by atoms with Crippen molar-refractivity contribution in [3.05, 3.63) is 89.0 Å². The summed E-state index contributed by atoms with van der Waals surface area (Å²) >= 11 is 0. The van der Waals surface area contributed by atoms with Crippen molar-refractivity contribution >= 4 is 11.9 Å². The van der Waals surface area contributed by atoms with Crippen molar-refractivity contribution in [2.75, 3.05) is 6.54 Å². The zero-order chi connectivity index (χ0) is 27.2. The van der Waals surface area contributed by atoms with Gasteiger partial charge in [0, 0.05) is 12.1 Å². The maximum absolute atomic E-state index is 13.0. The van der Waals surface area contributed by atoms with E-state index in [1.807, 2.05) is 37.3 Å². The van der Waals surface area contributed by atoms with Gasteiger partial charge in [-0.25, -0.2) is 0 Å². The van der Waals surface area contributed by atoms with Gasteiger partial charge in [-0.1, -0.05) is 44.2 Å². The highest BCUT2D eigenvalue weighted by Gasteiger charge is 2.30. The van der Waals surface area contributed by atoms with Crippen molar-refractivity contribution in [2.45, 2.75) is 45.9 Å². The van der Waals surface area contributed by atoms with E-state index in [9.17, 15) is 22.8 Å². The first-order chi connectivity index (χ1) is 17.4. The molecule has 8 heteroatoms.